The summed E-state index contributed by atoms with van der Waals surface area (Å²) in [7, 11) is 1.61. The lowest BCUT2D eigenvalue weighted by Crippen LogP contribution is -2.32. The zero-order valence-corrected chi connectivity index (χ0v) is 17.2. The molecule has 156 valence electrons. The van der Waals surface area contributed by atoms with Crippen LogP contribution in [0, 0.1) is 0 Å². The first-order chi connectivity index (χ1) is 15.1. The highest BCUT2D eigenvalue weighted by molar-refractivity contribution is 5.90. The summed E-state index contributed by atoms with van der Waals surface area (Å²) >= 11 is 0. The number of carbonyl (C=O) groups is 1. The number of fused-ring (bicyclic) bond motifs is 1. The van der Waals surface area contributed by atoms with Gasteiger partial charge in [-0.05, 0) is 46.7 Å². The summed E-state index contributed by atoms with van der Waals surface area (Å²) in [4.78, 5) is 24.6. The molecule has 1 amide bonds. The van der Waals surface area contributed by atoms with E-state index in [9.17, 15) is 9.59 Å². The van der Waals surface area contributed by atoms with Crippen molar-refractivity contribution in [2.75, 3.05) is 13.7 Å². The number of rotatable bonds is 7. The third kappa shape index (κ3) is 4.80. The Morgan fingerprint density at radius 1 is 0.968 bits per heavy atom. The molecule has 0 saturated heterocycles. The van der Waals surface area contributed by atoms with Crippen LogP contribution in [0.25, 0.3) is 22.0 Å². The Labute approximate surface area is 180 Å². The smallest absolute Gasteiger partial charge is 0.266 e. The molecule has 6 nitrogen and oxygen atoms in total. The Kier molecular flexibility index (Phi) is 6.08. The van der Waals surface area contributed by atoms with Gasteiger partial charge in [0.05, 0.1) is 25.8 Å². The lowest BCUT2D eigenvalue weighted by atomic mass is 10.0. The SMILES string of the molecule is COc1ccc(-c2ccc(=O)n(CCNC(=O)Cc3cccc4ccccc34)n2)cc1. The maximum atomic E-state index is 12.4. The molecular formula is C25H23N3O3. The van der Waals surface area contributed by atoms with Crippen molar-refractivity contribution >= 4 is 16.7 Å². The number of ether oxygens (including phenoxy) is 1. The van der Waals surface area contributed by atoms with E-state index in [0.29, 0.717) is 18.8 Å². The molecule has 0 aliphatic carbocycles. The summed E-state index contributed by atoms with van der Waals surface area (Å²) in [6.45, 7) is 0.618. The van der Waals surface area contributed by atoms with Crippen LogP contribution in [-0.2, 0) is 17.8 Å². The van der Waals surface area contributed by atoms with Gasteiger partial charge in [0.25, 0.3) is 5.56 Å². The van der Waals surface area contributed by atoms with Crippen molar-refractivity contribution in [1.29, 1.82) is 0 Å². The second kappa shape index (κ2) is 9.26. The summed E-state index contributed by atoms with van der Waals surface area (Å²) < 4.78 is 6.55. The number of nitrogens with zero attached hydrogens (tertiary/aromatic N) is 2. The van der Waals surface area contributed by atoms with Crippen LogP contribution >= 0.6 is 0 Å². The molecule has 0 aliphatic heterocycles. The standard InChI is InChI=1S/C25H23N3O3/c1-31-21-11-9-19(10-12-21)23-13-14-25(30)28(27-23)16-15-26-24(29)17-20-7-4-6-18-5-2-3-8-22(18)20/h2-14H,15-17H2,1H3,(H,26,29). The molecule has 0 atom stereocenters. The summed E-state index contributed by atoms with van der Waals surface area (Å²) in [6, 6.07) is 24.6. The van der Waals surface area contributed by atoms with Crippen LogP contribution in [0.15, 0.2) is 83.7 Å². The van der Waals surface area contributed by atoms with Crippen molar-refractivity contribution in [2.24, 2.45) is 0 Å². The van der Waals surface area contributed by atoms with E-state index in [1.165, 1.54) is 10.7 Å². The maximum absolute atomic E-state index is 12.4. The lowest BCUT2D eigenvalue weighted by Gasteiger charge is -2.10. The number of benzene rings is 3. The number of methoxy groups -OCH3 is 1. The Hall–Kier alpha value is -3.93. The molecule has 1 N–H and O–H groups in total. The molecule has 4 rings (SSSR count). The predicted octanol–water partition coefficient (Wildman–Crippen LogP) is 3.43. The van der Waals surface area contributed by atoms with Gasteiger partial charge in [0.1, 0.15) is 5.75 Å². The van der Waals surface area contributed by atoms with E-state index < -0.39 is 0 Å². The van der Waals surface area contributed by atoms with Gasteiger partial charge in [0, 0.05) is 18.2 Å². The van der Waals surface area contributed by atoms with E-state index in [4.69, 9.17) is 4.74 Å². The quantitative estimate of drug-likeness (QED) is 0.504. The van der Waals surface area contributed by atoms with E-state index in [1.807, 2.05) is 66.7 Å². The highest BCUT2D eigenvalue weighted by Gasteiger charge is 2.08. The molecule has 0 aliphatic rings. The van der Waals surface area contributed by atoms with Gasteiger partial charge in [0.2, 0.25) is 5.91 Å². The molecule has 31 heavy (non-hydrogen) atoms. The molecule has 0 fully saturated rings. The Bertz CT molecular complexity index is 1260. The molecule has 6 heteroatoms. The van der Waals surface area contributed by atoms with Crippen LogP contribution in [0.1, 0.15) is 5.56 Å². The summed E-state index contributed by atoms with van der Waals surface area (Å²) in [5.41, 5.74) is 2.34. The predicted molar refractivity (Wildman–Crippen MR) is 121 cm³/mol. The summed E-state index contributed by atoms with van der Waals surface area (Å²) in [5, 5.41) is 9.51. The number of amides is 1. The Morgan fingerprint density at radius 3 is 2.55 bits per heavy atom. The fraction of sp³-hybridized carbons (Fsp3) is 0.160. The Balaban J connectivity index is 1.39. The number of carbonyl (C=O) groups excluding carboxylic acids is 1. The average molecular weight is 413 g/mol. The first-order valence-corrected chi connectivity index (χ1v) is 10.1. The zero-order chi connectivity index (χ0) is 21.6. The van der Waals surface area contributed by atoms with Gasteiger partial charge in [-0.1, -0.05) is 42.5 Å². The first kappa shape index (κ1) is 20.3. The van der Waals surface area contributed by atoms with Gasteiger partial charge in [-0.2, -0.15) is 5.10 Å². The molecular weight excluding hydrogens is 390 g/mol. The van der Waals surface area contributed by atoms with E-state index in [-0.39, 0.29) is 17.9 Å². The van der Waals surface area contributed by atoms with Crippen molar-refractivity contribution in [1.82, 2.24) is 15.1 Å². The second-order valence-corrected chi connectivity index (χ2v) is 7.17. The van der Waals surface area contributed by atoms with Crippen LogP contribution < -0.4 is 15.6 Å². The van der Waals surface area contributed by atoms with Crippen molar-refractivity contribution in [3.8, 4) is 17.0 Å². The Morgan fingerprint density at radius 2 is 1.74 bits per heavy atom. The van der Waals surface area contributed by atoms with Crippen molar-refractivity contribution in [2.45, 2.75) is 13.0 Å². The molecule has 1 heterocycles. The van der Waals surface area contributed by atoms with Gasteiger partial charge >= 0.3 is 0 Å². The van der Waals surface area contributed by atoms with Crippen molar-refractivity contribution in [3.63, 3.8) is 0 Å². The third-order valence-electron chi connectivity index (χ3n) is 5.13. The monoisotopic (exact) mass is 413 g/mol. The normalized spacial score (nSPS) is 10.7. The van der Waals surface area contributed by atoms with E-state index in [2.05, 4.69) is 10.4 Å². The fourth-order valence-electron chi connectivity index (χ4n) is 3.51. The van der Waals surface area contributed by atoms with Crippen molar-refractivity contribution < 1.29 is 9.53 Å². The van der Waals surface area contributed by atoms with Crippen LogP contribution in [0.2, 0.25) is 0 Å². The van der Waals surface area contributed by atoms with Crippen LogP contribution in [0.5, 0.6) is 5.75 Å². The minimum absolute atomic E-state index is 0.0873. The minimum Gasteiger partial charge on any atom is -0.497 e. The zero-order valence-electron chi connectivity index (χ0n) is 17.2. The molecule has 0 bridgehead atoms. The molecule has 0 saturated carbocycles. The summed E-state index contributed by atoms with van der Waals surface area (Å²) in [6.07, 6.45) is 0.287. The fourth-order valence-corrected chi connectivity index (χ4v) is 3.51. The van der Waals surface area contributed by atoms with Crippen LogP contribution in [0.3, 0.4) is 0 Å². The molecule has 4 aromatic rings. The van der Waals surface area contributed by atoms with Crippen LogP contribution in [-0.4, -0.2) is 29.3 Å². The minimum atomic E-state index is -0.208. The topological polar surface area (TPSA) is 73.2 Å². The van der Waals surface area contributed by atoms with E-state index >= 15 is 0 Å². The van der Waals surface area contributed by atoms with Gasteiger partial charge in [0.15, 0.2) is 0 Å². The van der Waals surface area contributed by atoms with Crippen molar-refractivity contribution in [3.05, 3.63) is 94.8 Å². The number of hydrogen-bond acceptors (Lipinski definition) is 4. The van der Waals surface area contributed by atoms with Gasteiger partial charge < -0.3 is 10.1 Å². The first-order valence-electron chi connectivity index (χ1n) is 10.1. The van der Waals surface area contributed by atoms with Gasteiger partial charge in [-0.3, -0.25) is 9.59 Å². The largest absolute Gasteiger partial charge is 0.497 e. The lowest BCUT2D eigenvalue weighted by molar-refractivity contribution is -0.120. The number of hydrogen-bond donors (Lipinski definition) is 1. The van der Waals surface area contributed by atoms with Gasteiger partial charge in [-0.15, -0.1) is 0 Å². The molecule has 0 spiro atoms. The third-order valence-corrected chi connectivity index (χ3v) is 5.13. The highest BCUT2D eigenvalue weighted by atomic mass is 16.5. The van der Waals surface area contributed by atoms with Gasteiger partial charge in [-0.25, -0.2) is 4.68 Å². The molecule has 0 radical (unpaired) electrons. The highest BCUT2D eigenvalue weighted by Crippen LogP contribution is 2.20. The average Bonchev–Trinajstić information content (AvgIpc) is 2.80. The number of aromatic nitrogens is 2. The van der Waals surface area contributed by atoms with E-state index in [0.717, 1.165) is 27.6 Å². The maximum Gasteiger partial charge on any atom is 0.266 e. The van der Waals surface area contributed by atoms with E-state index in [1.54, 1.807) is 13.2 Å². The molecule has 0 unspecified atom stereocenters. The summed E-state index contributed by atoms with van der Waals surface area (Å²) in [5.74, 6) is 0.668. The molecule has 1 aromatic heterocycles. The van der Waals surface area contributed by atoms with Crippen LogP contribution in [0.4, 0.5) is 0 Å². The second-order valence-electron chi connectivity index (χ2n) is 7.17. The number of nitrogens with one attached hydrogen (secondary N) is 1. The molecule has 3 aromatic carbocycles.